The summed E-state index contributed by atoms with van der Waals surface area (Å²) in [6.07, 6.45) is 0.940. The standard InChI is InChI=1S/C20H20N2O3.2C2H4O2/c1-2-25-19(23)10-9-15-5-3-7-17(11-15)14-22-20(24)18-8-4-6-16(12-18)13-21;2*1-2(3)4/h3-8,11-12H,2,9-10,14H2,1H3,(H,22,24);2*1H3,(H,3,4). The Hall–Kier alpha value is -4.19. The average Bonchev–Trinajstić information content (AvgIpc) is 2.76. The number of nitriles is 1. The molecule has 0 spiro atoms. The van der Waals surface area contributed by atoms with Gasteiger partial charge in [0.2, 0.25) is 0 Å². The van der Waals surface area contributed by atoms with E-state index in [9.17, 15) is 9.59 Å². The molecular formula is C24H28N2O7. The van der Waals surface area contributed by atoms with E-state index in [-0.39, 0.29) is 11.9 Å². The molecule has 0 heterocycles. The van der Waals surface area contributed by atoms with Crippen LogP contribution in [-0.2, 0) is 32.1 Å². The van der Waals surface area contributed by atoms with Crippen molar-refractivity contribution in [2.45, 2.75) is 40.2 Å². The third-order valence-electron chi connectivity index (χ3n) is 3.62. The highest BCUT2D eigenvalue weighted by atomic mass is 16.5. The first-order chi connectivity index (χ1) is 15.6. The van der Waals surface area contributed by atoms with E-state index in [2.05, 4.69) is 5.32 Å². The molecule has 0 aliphatic carbocycles. The number of carbonyl (C=O) groups is 4. The Morgan fingerprint density at radius 3 is 2.12 bits per heavy atom. The van der Waals surface area contributed by atoms with Gasteiger partial charge < -0.3 is 20.3 Å². The van der Waals surface area contributed by atoms with Crippen LogP contribution in [0.4, 0.5) is 0 Å². The molecule has 3 N–H and O–H groups in total. The summed E-state index contributed by atoms with van der Waals surface area (Å²) in [7, 11) is 0. The van der Waals surface area contributed by atoms with Gasteiger partial charge in [-0.3, -0.25) is 19.2 Å². The summed E-state index contributed by atoms with van der Waals surface area (Å²) in [5.41, 5.74) is 2.88. The molecule has 0 fully saturated rings. The topological polar surface area (TPSA) is 154 Å². The summed E-state index contributed by atoms with van der Waals surface area (Å²) in [5.74, 6) is -2.10. The number of carboxylic acid groups (broad SMARTS) is 2. The summed E-state index contributed by atoms with van der Waals surface area (Å²) in [6, 6.07) is 16.3. The Morgan fingerprint density at radius 1 is 0.970 bits per heavy atom. The molecule has 0 aliphatic rings. The zero-order chi connectivity index (χ0) is 25.2. The van der Waals surface area contributed by atoms with Crippen LogP contribution in [0.1, 0.15) is 54.2 Å². The minimum atomic E-state index is -0.833. The monoisotopic (exact) mass is 456 g/mol. The number of carbonyl (C=O) groups excluding carboxylic acids is 2. The lowest BCUT2D eigenvalue weighted by atomic mass is 10.1. The zero-order valence-corrected chi connectivity index (χ0v) is 18.8. The van der Waals surface area contributed by atoms with E-state index in [1.165, 1.54) is 0 Å². The number of benzene rings is 2. The van der Waals surface area contributed by atoms with Gasteiger partial charge in [0.25, 0.3) is 17.8 Å². The Balaban J connectivity index is 0.00000111. The third kappa shape index (κ3) is 15.3. The largest absolute Gasteiger partial charge is 0.481 e. The number of rotatable bonds is 7. The van der Waals surface area contributed by atoms with Gasteiger partial charge in [0, 0.05) is 32.4 Å². The third-order valence-corrected chi connectivity index (χ3v) is 3.62. The number of ether oxygens (including phenoxy) is 1. The van der Waals surface area contributed by atoms with Crippen molar-refractivity contribution >= 4 is 23.8 Å². The van der Waals surface area contributed by atoms with Crippen LogP contribution in [0.15, 0.2) is 48.5 Å². The van der Waals surface area contributed by atoms with Crippen LogP contribution in [0.2, 0.25) is 0 Å². The van der Waals surface area contributed by atoms with Crippen molar-refractivity contribution in [3.8, 4) is 6.07 Å². The summed E-state index contributed by atoms with van der Waals surface area (Å²) in [6.45, 7) is 4.72. The molecule has 0 saturated carbocycles. The average molecular weight is 456 g/mol. The van der Waals surface area contributed by atoms with E-state index in [4.69, 9.17) is 29.8 Å². The van der Waals surface area contributed by atoms with Crippen LogP contribution in [0.5, 0.6) is 0 Å². The van der Waals surface area contributed by atoms with E-state index < -0.39 is 11.9 Å². The Kier molecular flexibility index (Phi) is 14.4. The smallest absolute Gasteiger partial charge is 0.306 e. The molecule has 2 aromatic carbocycles. The molecule has 33 heavy (non-hydrogen) atoms. The minimum absolute atomic E-state index is 0.210. The molecule has 0 radical (unpaired) electrons. The number of aryl methyl sites for hydroxylation is 1. The second-order valence-corrected chi connectivity index (χ2v) is 6.54. The molecule has 0 saturated heterocycles. The lowest BCUT2D eigenvalue weighted by Crippen LogP contribution is -2.22. The number of carboxylic acids is 2. The second-order valence-electron chi connectivity index (χ2n) is 6.54. The highest BCUT2D eigenvalue weighted by Gasteiger charge is 2.07. The molecule has 1 amide bonds. The van der Waals surface area contributed by atoms with Crippen LogP contribution in [0, 0.1) is 11.3 Å². The molecule has 0 atom stereocenters. The second kappa shape index (κ2) is 16.5. The van der Waals surface area contributed by atoms with Gasteiger partial charge >= 0.3 is 5.97 Å². The summed E-state index contributed by atoms with van der Waals surface area (Å²) in [5, 5.41) is 26.6. The molecule has 0 aromatic heterocycles. The van der Waals surface area contributed by atoms with E-state index >= 15 is 0 Å². The highest BCUT2D eigenvalue weighted by molar-refractivity contribution is 5.94. The zero-order valence-electron chi connectivity index (χ0n) is 18.8. The molecule has 0 aliphatic heterocycles. The maximum absolute atomic E-state index is 12.2. The van der Waals surface area contributed by atoms with Crippen molar-refractivity contribution in [3.05, 3.63) is 70.8 Å². The van der Waals surface area contributed by atoms with E-state index in [1.807, 2.05) is 30.3 Å². The summed E-state index contributed by atoms with van der Waals surface area (Å²) >= 11 is 0. The molecule has 0 unspecified atom stereocenters. The van der Waals surface area contributed by atoms with Gasteiger partial charge in [0.1, 0.15) is 0 Å². The van der Waals surface area contributed by atoms with Crippen molar-refractivity contribution < 1.29 is 34.1 Å². The van der Waals surface area contributed by atoms with Gasteiger partial charge in [0.05, 0.1) is 18.2 Å². The van der Waals surface area contributed by atoms with E-state index in [1.54, 1.807) is 31.2 Å². The predicted octanol–water partition coefficient (Wildman–Crippen LogP) is 3.17. The summed E-state index contributed by atoms with van der Waals surface area (Å²) < 4.78 is 4.92. The van der Waals surface area contributed by atoms with Gasteiger partial charge in [-0.25, -0.2) is 0 Å². The number of esters is 1. The fraction of sp³-hybridized carbons (Fsp3) is 0.292. The van der Waals surface area contributed by atoms with Crippen LogP contribution in [0.3, 0.4) is 0 Å². The van der Waals surface area contributed by atoms with Crippen molar-refractivity contribution in [2.75, 3.05) is 6.61 Å². The van der Waals surface area contributed by atoms with E-state index in [0.717, 1.165) is 25.0 Å². The maximum atomic E-state index is 12.2. The van der Waals surface area contributed by atoms with Crippen molar-refractivity contribution in [1.29, 1.82) is 5.26 Å². The molecule has 176 valence electrons. The van der Waals surface area contributed by atoms with Gasteiger partial charge in [0.15, 0.2) is 0 Å². The van der Waals surface area contributed by atoms with Gasteiger partial charge in [-0.1, -0.05) is 30.3 Å². The van der Waals surface area contributed by atoms with Crippen LogP contribution >= 0.6 is 0 Å². The molecule has 9 nitrogen and oxygen atoms in total. The van der Waals surface area contributed by atoms with Crippen LogP contribution < -0.4 is 5.32 Å². The number of nitrogens with zero attached hydrogens (tertiary/aromatic N) is 1. The molecule has 0 bridgehead atoms. The van der Waals surface area contributed by atoms with Crippen molar-refractivity contribution in [3.63, 3.8) is 0 Å². The lowest BCUT2D eigenvalue weighted by molar-refractivity contribution is -0.143. The molecule has 2 aromatic rings. The van der Waals surface area contributed by atoms with Crippen molar-refractivity contribution in [2.24, 2.45) is 0 Å². The maximum Gasteiger partial charge on any atom is 0.306 e. The highest BCUT2D eigenvalue weighted by Crippen LogP contribution is 2.09. The first kappa shape index (κ1) is 28.8. The number of hydrogen-bond donors (Lipinski definition) is 3. The first-order valence-electron chi connectivity index (χ1n) is 9.99. The predicted molar refractivity (Wildman–Crippen MR) is 120 cm³/mol. The summed E-state index contributed by atoms with van der Waals surface area (Å²) in [4.78, 5) is 41.6. The van der Waals surface area contributed by atoms with Crippen molar-refractivity contribution in [1.82, 2.24) is 5.32 Å². The Labute approximate surface area is 192 Å². The lowest BCUT2D eigenvalue weighted by Gasteiger charge is -2.08. The van der Waals surface area contributed by atoms with Gasteiger partial charge in [-0.15, -0.1) is 0 Å². The normalized spacial score (nSPS) is 9.03. The minimum Gasteiger partial charge on any atom is -0.481 e. The first-order valence-corrected chi connectivity index (χ1v) is 9.99. The molecule has 9 heteroatoms. The quantitative estimate of drug-likeness (QED) is 0.537. The number of aliphatic carboxylic acids is 2. The fourth-order valence-corrected chi connectivity index (χ4v) is 2.39. The molecular weight excluding hydrogens is 428 g/mol. The number of hydrogen-bond acceptors (Lipinski definition) is 6. The number of nitrogens with one attached hydrogen (secondary N) is 1. The number of amides is 1. The van der Waals surface area contributed by atoms with Crippen LogP contribution in [0.25, 0.3) is 0 Å². The van der Waals surface area contributed by atoms with E-state index in [0.29, 0.717) is 37.1 Å². The van der Waals surface area contributed by atoms with Gasteiger partial charge in [-0.2, -0.15) is 5.26 Å². The van der Waals surface area contributed by atoms with Crippen LogP contribution in [-0.4, -0.2) is 40.6 Å². The Bertz CT molecular complexity index is 961. The van der Waals surface area contributed by atoms with Gasteiger partial charge in [-0.05, 0) is 42.7 Å². The fourth-order valence-electron chi connectivity index (χ4n) is 2.39. The Morgan fingerprint density at radius 2 is 1.55 bits per heavy atom. The SMILES string of the molecule is CC(=O)O.CC(=O)O.CCOC(=O)CCc1cccc(CNC(=O)c2cccc(C#N)c2)c1. The molecule has 2 rings (SSSR count).